The van der Waals surface area contributed by atoms with Crippen LogP contribution in [0.2, 0.25) is 0 Å². The zero-order valence-corrected chi connectivity index (χ0v) is 15.9. The number of ether oxygens (including phenoxy) is 1. The Morgan fingerprint density at radius 3 is 2.39 bits per heavy atom. The lowest BCUT2D eigenvalue weighted by molar-refractivity contribution is 0.122. The minimum atomic E-state index is -0.383. The average Bonchev–Trinajstić information content (AvgIpc) is 2.74. The maximum absolute atomic E-state index is 13.4. The van der Waals surface area contributed by atoms with Crippen LogP contribution in [0.5, 0.6) is 0 Å². The van der Waals surface area contributed by atoms with Gasteiger partial charge in [0, 0.05) is 51.0 Å². The lowest BCUT2D eigenvalue weighted by atomic mass is 10.1. The van der Waals surface area contributed by atoms with Gasteiger partial charge in [-0.05, 0) is 25.1 Å². The second kappa shape index (κ2) is 7.98. The first-order chi connectivity index (χ1) is 13.6. The molecule has 1 aromatic heterocycles. The minimum Gasteiger partial charge on any atom is -0.378 e. The lowest BCUT2D eigenvalue weighted by Crippen LogP contribution is -2.47. The third-order valence-electron chi connectivity index (χ3n) is 5.15. The smallest absolute Gasteiger partial charge is 0.227 e. The van der Waals surface area contributed by atoms with Crippen molar-refractivity contribution in [2.45, 2.75) is 6.92 Å². The predicted molar refractivity (Wildman–Crippen MR) is 105 cm³/mol. The minimum absolute atomic E-state index is 0.376. The van der Waals surface area contributed by atoms with Gasteiger partial charge >= 0.3 is 0 Å². The molecule has 0 aliphatic carbocycles. The van der Waals surface area contributed by atoms with Gasteiger partial charge in [-0.3, -0.25) is 0 Å². The first kappa shape index (κ1) is 18.4. The van der Waals surface area contributed by atoms with Crippen molar-refractivity contribution in [1.82, 2.24) is 9.97 Å². The summed E-state index contributed by atoms with van der Waals surface area (Å²) < 4.78 is 18.8. The second-order valence-corrected chi connectivity index (χ2v) is 7.01. The van der Waals surface area contributed by atoms with Crippen LogP contribution in [0, 0.1) is 24.1 Å². The Bertz CT molecular complexity index is 885. The molecule has 8 heteroatoms. The number of rotatable bonds is 3. The zero-order valence-electron chi connectivity index (χ0n) is 15.9. The van der Waals surface area contributed by atoms with E-state index in [4.69, 9.17) is 9.72 Å². The molecule has 146 valence electrons. The molecule has 7 nitrogen and oxygen atoms in total. The molecule has 0 N–H and O–H groups in total. The normalized spacial score (nSPS) is 17.5. The van der Waals surface area contributed by atoms with Gasteiger partial charge in [-0.25, -0.2) is 9.37 Å². The molecule has 0 unspecified atom stereocenters. The molecule has 0 bridgehead atoms. The molecule has 2 fully saturated rings. The van der Waals surface area contributed by atoms with Crippen molar-refractivity contribution in [3.05, 3.63) is 41.3 Å². The Balaban J connectivity index is 1.48. The van der Waals surface area contributed by atoms with Crippen LogP contribution in [-0.2, 0) is 4.74 Å². The lowest BCUT2D eigenvalue weighted by Gasteiger charge is -2.37. The third kappa shape index (κ3) is 3.85. The summed E-state index contributed by atoms with van der Waals surface area (Å²) >= 11 is 0. The van der Waals surface area contributed by atoms with Crippen molar-refractivity contribution in [3.8, 4) is 6.07 Å². The molecule has 1 aromatic carbocycles. The van der Waals surface area contributed by atoms with Gasteiger partial charge in [0.2, 0.25) is 5.95 Å². The standard InChI is InChI=1S/C20H23FN6O/c1-15-12-19(24-20(23-15)27-8-10-28-11-9-27)26-6-4-25(5-7-26)18-3-2-17(21)13-16(18)14-22/h2-3,12-13H,4-11H2,1H3. The largest absolute Gasteiger partial charge is 0.378 e. The topological polar surface area (TPSA) is 68.5 Å². The first-order valence-corrected chi connectivity index (χ1v) is 9.52. The highest BCUT2D eigenvalue weighted by Crippen LogP contribution is 2.25. The number of hydrogen-bond donors (Lipinski definition) is 0. The highest BCUT2D eigenvalue weighted by molar-refractivity contribution is 5.60. The van der Waals surface area contributed by atoms with E-state index in [-0.39, 0.29) is 5.82 Å². The van der Waals surface area contributed by atoms with Crippen LogP contribution in [0.1, 0.15) is 11.3 Å². The second-order valence-electron chi connectivity index (χ2n) is 7.01. The highest BCUT2D eigenvalue weighted by Gasteiger charge is 2.22. The summed E-state index contributed by atoms with van der Waals surface area (Å²) in [5.74, 6) is 1.30. The molecular weight excluding hydrogens is 359 g/mol. The van der Waals surface area contributed by atoms with Crippen molar-refractivity contribution in [2.75, 3.05) is 67.2 Å². The molecule has 28 heavy (non-hydrogen) atoms. The Labute approximate surface area is 164 Å². The molecule has 3 heterocycles. The Morgan fingerprint density at radius 2 is 1.68 bits per heavy atom. The van der Waals surface area contributed by atoms with Crippen molar-refractivity contribution < 1.29 is 9.13 Å². The number of halogens is 1. The fourth-order valence-electron chi connectivity index (χ4n) is 3.65. The molecule has 4 rings (SSSR count). The average molecular weight is 382 g/mol. The number of piperazine rings is 1. The summed E-state index contributed by atoms with van der Waals surface area (Å²) in [5.41, 5.74) is 2.11. The van der Waals surface area contributed by atoms with E-state index in [1.165, 1.54) is 12.1 Å². The molecule has 2 aromatic rings. The van der Waals surface area contributed by atoms with Crippen molar-refractivity contribution in [1.29, 1.82) is 5.26 Å². The Hall–Kier alpha value is -2.92. The van der Waals surface area contributed by atoms with Crippen molar-refractivity contribution in [2.24, 2.45) is 0 Å². The quantitative estimate of drug-likeness (QED) is 0.804. The van der Waals surface area contributed by atoms with Gasteiger partial charge in [-0.2, -0.15) is 10.2 Å². The third-order valence-corrected chi connectivity index (χ3v) is 5.15. The van der Waals surface area contributed by atoms with Crippen LogP contribution < -0.4 is 14.7 Å². The zero-order chi connectivity index (χ0) is 19.5. The summed E-state index contributed by atoms with van der Waals surface area (Å²) in [4.78, 5) is 15.9. The summed E-state index contributed by atoms with van der Waals surface area (Å²) in [7, 11) is 0. The number of aromatic nitrogens is 2. The van der Waals surface area contributed by atoms with Gasteiger partial charge in [-0.1, -0.05) is 0 Å². The Kier molecular flexibility index (Phi) is 5.26. The highest BCUT2D eigenvalue weighted by atomic mass is 19.1. The van der Waals surface area contributed by atoms with Gasteiger partial charge in [0.25, 0.3) is 0 Å². The van der Waals surface area contributed by atoms with Gasteiger partial charge in [-0.15, -0.1) is 0 Å². The maximum Gasteiger partial charge on any atom is 0.227 e. The molecule has 0 saturated carbocycles. The van der Waals surface area contributed by atoms with Crippen molar-refractivity contribution >= 4 is 17.5 Å². The monoisotopic (exact) mass is 382 g/mol. The summed E-state index contributed by atoms with van der Waals surface area (Å²) in [5, 5.41) is 9.30. The maximum atomic E-state index is 13.4. The van der Waals surface area contributed by atoms with E-state index in [0.717, 1.165) is 62.4 Å². The number of benzene rings is 1. The molecule has 2 saturated heterocycles. The fraction of sp³-hybridized carbons (Fsp3) is 0.450. The van der Waals surface area contributed by atoms with E-state index in [1.54, 1.807) is 6.07 Å². The number of hydrogen-bond acceptors (Lipinski definition) is 7. The van der Waals surface area contributed by atoms with Crippen LogP contribution in [-0.4, -0.2) is 62.5 Å². The van der Waals surface area contributed by atoms with Crippen LogP contribution in [0.3, 0.4) is 0 Å². The molecule has 0 spiro atoms. The van der Waals surface area contributed by atoms with Crippen molar-refractivity contribution in [3.63, 3.8) is 0 Å². The number of morpholine rings is 1. The van der Waals surface area contributed by atoms with Crippen LogP contribution in [0.15, 0.2) is 24.3 Å². The molecule has 0 atom stereocenters. The fourth-order valence-corrected chi connectivity index (χ4v) is 3.65. The van der Waals surface area contributed by atoms with E-state index >= 15 is 0 Å². The summed E-state index contributed by atoms with van der Waals surface area (Å²) in [6.07, 6.45) is 0. The molecule has 0 radical (unpaired) electrons. The van der Waals surface area contributed by atoms with E-state index < -0.39 is 0 Å². The van der Waals surface area contributed by atoms with Gasteiger partial charge < -0.3 is 19.4 Å². The van der Waals surface area contributed by atoms with E-state index in [9.17, 15) is 9.65 Å². The van der Waals surface area contributed by atoms with Gasteiger partial charge in [0.1, 0.15) is 17.7 Å². The van der Waals surface area contributed by atoms with Gasteiger partial charge in [0.05, 0.1) is 24.5 Å². The van der Waals surface area contributed by atoms with Crippen LogP contribution >= 0.6 is 0 Å². The first-order valence-electron chi connectivity index (χ1n) is 9.52. The number of aryl methyl sites for hydroxylation is 1. The predicted octanol–water partition coefficient (Wildman–Crippen LogP) is 1.96. The SMILES string of the molecule is Cc1cc(N2CCN(c3ccc(F)cc3C#N)CC2)nc(N2CCOCC2)n1. The Morgan fingerprint density at radius 1 is 0.964 bits per heavy atom. The molecule has 2 aliphatic heterocycles. The number of nitrogens with zero attached hydrogens (tertiary/aromatic N) is 6. The summed E-state index contributed by atoms with van der Waals surface area (Å²) in [6.45, 7) is 8.04. The summed E-state index contributed by atoms with van der Waals surface area (Å²) in [6, 6.07) is 8.50. The molecular formula is C20H23FN6O. The number of anilines is 3. The van der Waals surface area contributed by atoms with Crippen LogP contribution in [0.25, 0.3) is 0 Å². The van der Waals surface area contributed by atoms with Crippen LogP contribution in [0.4, 0.5) is 21.8 Å². The van der Waals surface area contributed by atoms with E-state index in [0.29, 0.717) is 18.8 Å². The van der Waals surface area contributed by atoms with E-state index in [2.05, 4.69) is 25.8 Å². The van der Waals surface area contributed by atoms with E-state index in [1.807, 2.05) is 13.0 Å². The molecule has 0 amide bonds. The van der Waals surface area contributed by atoms with Gasteiger partial charge in [0.15, 0.2) is 0 Å². The number of nitriles is 1. The molecule has 2 aliphatic rings.